The molecule has 1 aromatic carbocycles. The van der Waals surface area contributed by atoms with Crippen LogP contribution in [0.4, 0.5) is 0 Å². The summed E-state index contributed by atoms with van der Waals surface area (Å²) in [6, 6.07) is 5.24. The molecule has 0 amide bonds. The third-order valence-electron chi connectivity index (χ3n) is 2.65. The van der Waals surface area contributed by atoms with Crippen molar-refractivity contribution < 1.29 is 0 Å². The fraction of sp³-hybridized carbons (Fsp3) is 0.0909. The molecule has 0 saturated carbocycles. The lowest BCUT2D eigenvalue weighted by molar-refractivity contribution is 0.955. The van der Waals surface area contributed by atoms with Gasteiger partial charge in [-0.2, -0.15) is 15.4 Å². The van der Waals surface area contributed by atoms with E-state index in [-0.39, 0.29) is 16.5 Å². The van der Waals surface area contributed by atoms with Crippen molar-refractivity contribution in [3.05, 3.63) is 44.3 Å². The van der Waals surface area contributed by atoms with E-state index < -0.39 is 5.56 Å². The molecule has 2 aromatic heterocycles. The molecule has 0 aliphatic heterocycles. The Morgan fingerprint density at radius 2 is 1.88 bits per heavy atom. The van der Waals surface area contributed by atoms with E-state index in [4.69, 9.17) is 0 Å². The first kappa shape index (κ1) is 9.71. The predicted octanol–water partition coefficient (Wildman–Crippen LogP) is 0.468. The first-order valence-corrected chi connectivity index (χ1v) is 5.04. The van der Waals surface area contributed by atoms with Crippen LogP contribution in [0.15, 0.2) is 27.8 Å². The van der Waals surface area contributed by atoms with Crippen LogP contribution in [0.2, 0.25) is 0 Å². The Morgan fingerprint density at radius 1 is 1.12 bits per heavy atom. The van der Waals surface area contributed by atoms with Gasteiger partial charge >= 0.3 is 0 Å². The summed E-state index contributed by atoms with van der Waals surface area (Å²) in [5.41, 5.74) is 0.827. The normalized spacial score (nSPS) is 11.1. The van der Waals surface area contributed by atoms with E-state index in [2.05, 4.69) is 20.4 Å². The molecule has 0 saturated heterocycles. The van der Waals surface area contributed by atoms with E-state index in [0.717, 1.165) is 5.56 Å². The SMILES string of the molecule is Cc1ccc2c(=O)c3n[nH]nc3c(=O)[nH]c2c1. The largest absolute Gasteiger partial charge is 0.320 e. The molecule has 0 spiro atoms. The highest BCUT2D eigenvalue weighted by Crippen LogP contribution is 2.09. The average Bonchev–Trinajstić information content (AvgIpc) is 2.74. The number of benzene rings is 1. The molecular formula is C11H8N4O2. The summed E-state index contributed by atoms with van der Waals surface area (Å²) in [7, 11) is 0. The standard InChI is InChI=1S/C11H8N4O2/c1-5-2-3-6-7(4-5)12-11(17)9-8(10(6)16)13-15-14-9/h2-4H,1H3,(H,12,17)(H,13,14,15). The molecule has 3 rings (SSSR count). The second kappa shape index (κ2) is 3.24. The average molecular weight is 228 g/mol. The molecule has 2 heterocycles. The number of fused-ring (bicyclic) bond motifs is 2. The van der Waals surface area contributed by atoms with Gasteiger partial charge in [0.05, 0.1) is 5.52 Å². The summed E-state index contributed by atoms with van der Waals surface area (Å²) < 4.78 is 0. The zero-order chi connectivity index (χ0) is 12.0. The van der Waals surface area contributed by atoms with Gasteiger partial charge in [-0.05, 0) is 24.6 Å². The molecule has 0 aliphatic carbocycles. The fourth-order valence-electron chi connectivity index (χ4n) is 1.82. The molecule has 0 unspecified atom stereocenters. The quantitative estimate of drug-likeness (QED) is 0.585. The third kappa shape index (κ3) is 1.34. The number of aromatic amines is 2. The first-order valence-electron chi connectivity index (χ1n) is 5.04. The van der Waals surface area contributed by atoms with Crippen molar-refractivity contribution in [2.75, 3.05) is 0 Å². The Kier molecular flexibility index (Phi) is 1.85. The molecule has 17 heavy (non-hydrogen) atoms. The Labute approximate surface area is 94.3 Å². The van der Waals surface area contributed by atoms with Crippen LogP contribution in [0.1, 0.15) is 5.56 Å². The highest BCUT2D eigenvalue weighted by Gasteiger charge is 2.09. The van der Waals surface area contributed by atoms with Gasteiger partial charge in [0, 0.05) is 5.39 Å². The zero-order valence-electron chi connectivity index (χ0n) is 8.94. The Bertz CT molecular complexity index is 847. The minimum absolute atomic E-state index is 0.0313. The maximum absolute atomic E-state index is 12.1. The lowest BCUT2D eigenvalue weighted by atomic mass is 10.1. The smallest absolute Gasteiger partial charge is 0.278 e. The van der Waals surface area contributed by atoms with Gasteiger partial charge in [-0.3, -0.25) is 9.59 Å². The Hall–Kier alpha value is -2.50. The molecule has 84 valence electrons. The molecule has 0 fully saturated rings. The van der Waals surface area contributed by atoms with E-state index >= 15 is 0 Å². The molecule has 3 aromatic rings. The minimum atomic E-state index is -0.425. The summed E-state index contributed by atoms with van der Waals surface area (Å²) in [5, 5.41) is 10.1. The number of aryl methyl sites for hydroxylation is 1. The maximum Gasteiger partial charge on any atom is 0.278 e. The van der Waals surface area contributed by atoms with Crippen LogP contribution >= 0.6 is 0 Å². The number of nitrogens with one attached hydrogen (secondary N) is 2. The van der Waals surface area contributed by atoms with E-state index in [1.165, 1.54) is 0 Å². The van der Waals surface area contributed by atoms with Gasteiger partial charge in [0.1, 0.15) is 0 Å². The van der Waals surface area contributed by atoms with Gasteiger partial charge < -0.3 is 4.98 Å². The molecule has 0 bridgehead atoms. The van der Waals surface area contributed by atoms with E-state index in [9.17, 15) is 9.59 Å². The number of rotatable bonds is 0. The minimum Gasteiger partial charge on any atom is -0.320 e. The third-order valence-corrected chi connectivity index (χ3v) is 2.65. The maximum atomic E-state index is 12.1. The van der Waals surface area contributed by atoms with Gasteiger partial charge in [0.2, 0.25) is 5.43 Å². The molecule has 0 atom stereocenters. The van der Waals surface area contributed by atoms with Gasteiger partial charge in [-0.25, -0.2) is 0 Å². The van der Waals surface area contributed by atoms with Crippen LogP contribution in [0.3, 0.4) is 0 Å². The molecule has 2 N–H and O–H groups in total. The van der Waals surface area contributed by atoms with Crippen molar-refractivity contribution >= 4 is 21.9 Å². The van der Waals surface area contributed by atoms with Gasteiger partial charge in [0.25, 0.3) is 5.56 Å². The van der Waals surface area contributed by atoms with Gasteiger partial charge in [-0.1, -0.05) is 6.07 Å². The second-order valence-electron chi connectivity index (χ2n) is 3.85. The van der Waals surface area contributed by atoms with Crippen molar-refractivity contribution in [1.82, 2.24) is 20.4 Å². The van der Waals surface area contributed by atoms with Crippen molar-refractivity contribution in [3.63, 3.8) is 0 Å². The molecule has 0 radical (unpaired) electrons. The molecule has 6 nitrogen and oxygen atoms in total. The van der Waals surface area contributed by atoms with Gasteiger partial charge in [-0.15, -0.1) is 0 Å². The number of hydrogen-bond donors (Lipinski definition) is 2. The van der Waals surface area contributed by atoms with Crippen molar-refractivity contribution in [3.8, 4) is 0 Å². The lowest BCUT2D eigenvalue weighted by Gasteiger charge is -1.93. The summed E-state index contributed by atoms with van der Waals surface area (Å²) in [6.45, 7) is 1.89. The van der Waals surface area contributed by atoms with Crippen molar-refractivity contribution in [2.45, 2.75) is 6.92 Å². The highest BCUT2D eigenvalue weighted by atomic mass is 16.1. The summed E-state index contributed by atoms with van der Waals surface area (Å²) in [6.07, 6.45) is 0. The molecule has 0 aliphatic rings. The van der Waals surface area contributed by atoms with Crippen LogP contribution < -0.4 is 11.0 Å². The highest BCUT2D eigenvalue weighted by molar-refractivity contribution is 5.86. The van der Waals surface area contributed by atoms with Gasteiger partial charge in [0.15, 0.2) is 11.0 Å². The summed E-state index contributed by atoms with van der Waals surface area (Å²) in [5.74, 6) is 0. The van der Waals surface area contributed by atoms with Crippen molar-refractivity contribution in [1.29, 1.82) is 0 Å². The van der Waals surface area contributed by atoms with Crippen LogP contribution in [0, 0.1) is 6.92 Å². The van der Waals surface area contributed by atoms with E-state index in [0.29, 0.717) is 10.9 Å². The number of aromatic nitrogens is 4. The van der Waals surface area contributed by atoms with Crippen LogP contribution in [-0.4, -0.2) is 20.4 Å². The Balaban J connectivity index is 2.74. The monoisotopic (exact) mass is 228 g/mol. The van der Waals surface area contributed by atoms with Crippen LogP contribution in [-0.2, 0) is 0 Å². The predicted molar refractivity (Wildman–Crippen MR) is 63.0 cm³/mol. The summed E-state index contributed by atoms with van der Waals surface area (Å²) >= 11 is 0. The Morgan fingerprint density at radius 3 is 2.71 bits per heavy atom. The molecule has 6 heteroatoms. The number of hydrogen-bond acceptors (Lipinski definition) is 4. The van der Waals surface area contributed by atoms with Crippen molar-refractivity contribution in [2.24, 2.45) is 0 Å². The lowest BCUT2D eigenvalue weighted by Crippen LogP contribution is -2.02. The summed E-state index contributed by atoms with van der Waals surface area (Å²) in [4.78, 5) is 26.6. The first-order chi connectivity index (χ1) is 8.16. The fourth-order valence-corrected chi connectivity index (χ4v) is 1.82. The number of nitrogens with zero attached hydrogens (tertiary/aromatic N) is 2. The zero-order valence-corrected chi connectivity index (χ0v) is 8.94. The number of H-pyrrole nitrogens is 2. The van der Waals surface area contributed by atoms with Crippen LogP contribution in [0.25, 0.3) is 21.9 Å². The second-order valence-corrected chi connectivity index (χ2v) is 3.85. The van der Waals surface area contributed by atoms with E-state index in [1.54, 1.807) is 12.1 Å². The van der Waals surface area contributed by atoms with E-state index in [1.807, 2.05) is 13.0 Å². The van der Waals surface area contributed by atoms with Crippen LogP contribution in [0.5, 0.6) is 0 Å². The molecular weight excluding hydrogens is 220 g/mol. The topological polar surface area (TPSA) is 91.5 Å².